The standard InChI is InChI=1S/C30H47ClN2O3S/c1-2-3-4-5-6-7-8-9-10-11-12-13-14-15-16-19-24-36-30-23-22-26(25-28(30)32)37(34,35)33-29-21-18-17-20-27(29)31/h17-18,20-23,25,33H,2-16,19,24,32H2,1H3. The van der Waals surface area contributed by atoms with Crippen molar-refractivity contribution >= 4 is 33.0 Å². The maximum Gasteiger partial charge on any atom is 0.262 e. The van der Waals surface area contributed by atoms with Crippen LogP contribution in [0.15, 0.2) is 47.4 Å². The van der Waals surface area contributed by atoms with Gasteiger partial charge >= 0.3 is 0 Å². The number of sulfonamides is 1. The van der Waals surface area contributed by atoms with E-state index in [9.17, 15) is 8.42 Å². The molecule has 5 nitrogen and oxygen atoms in total. The molecule has 0 heterocycles. The predicted octanol–water partition coefficient (Wildman–Crippen LogP) is 9.36. The zero-order chi connectivity index (χ0) is 26.8. The molecule has 0 saturated carbocycles. The number of halogens is 1. The fraction of sp³-hybridized carbons (Fsp3) is 0.600. The van der Waals surface area contributed by atoms with E-state index in [2.05, 4.69) is 11.6 Å². The largest absolute Gasteiger partial charge is 0.491 e. The second kappa shape index (κ2) is 18.4. The minimum atomic E-state index is -3.80. The van der Waals surface area contributed by atoms with E-state index in [1.807, 2.05) is 0 Å². The van der Waals surface area contributed by atoms with Crippen LogP contribution in [0.2, 0.25) is 5.02 Å². The summed E-state index contributed by atoms with van der Waals surface area (Å²) in [5, 5.41) is 0.331. The molecule has 2 aromatic rings. The van der Waals surface area contributed by atoms with E-state index >= 15 is 0 Å². The van der Waals surface area contributed by atoms with Crippen LogP contribution in [-0.4, -0.2) is 15.0 Å². The molecule has 0 spiro atoms. The summed E-state index contributed by atoms with van der Waals surface area (Å²) in [5.74, 6) is 0.512. The van der Waals surface area contributed by atoms with Crippen molar-refractivity contribution in [1.82, 2.24) is 0 Å². The first-order chi connectivity index (χ1) is 17.9. The van der Waals surface area contributed by atoms with Gasteiger partial charge in [0.25, 0.3) is 10.0 Å². The third-order valence-electron chi connectivity index (χ3n) is 6.67. The van der Waals surface area contributed by atoms with E-state index in [4.69, 9.17) is 22.1 Å². The molecule has 0 aliphatic carbocycles. The van der Waals surface area contributed by atoms with E-state index in [1.165, 1.54) is 102 Å². The van der Waals surface area contributed by atoms with Crippen LogP contribution in [0.1, 0.15) is 110 Å². The lowest BCUT2D eigenvalue weighted by Crippen LogP contribution is -2.13. The van der Waals surface area contributed by atoms with Crippen LogP contribution < -0.4 is 15.2 Å². The molecule has 37 heavy (non-hydrogen) atoms. The first kappa shape index (κ1) is 31.3. The number of hydrogen-bond donors (Lipinski definition) is 2. The molecule has 0 radical (unpaired) electrons. The maximum atomic E-state index is 12.7. The Hall–Kier alpha value is -1.92. The normalized spacial score (nSPS) is 11.5. The molecule has 2 rings (SSSR count). The van der Waals surface area contributed by atoms with Gasteiger partial charge in [0.15, 0.2) is 0 Å². The van der Waals surface area contributed by atoms with Crippen molar-refractivity contribution in [2.45, 2.75) is 115 Å². The lowest BCUT2D eigenvalue weighted by molar-refractivity contribution is 0.305. The Bertz CT molecular complexity index is 998. The molecule has 0 bridgehead atoms. The SMILES string of the molecule is CCCCCCCCCCCCCCCCCCOc1ccc(S(=O)(=O)Nc2ccccc2Cl)cc1N. The highest BCUT2D eigenvalue weighted by atomic mass is 35.5. The first-order valence-electron chi connectivity index (χ1n) is 14.2. The van der Waals surface area contributed by atoms with Crippen molar-refractivity contribution in [3.63, 3.8) is 0 Å². The number of nitrogens with one attached hydrogen (secondary N) is 1. The molecule has 2 aromatic carbocycles. The average molecular weight is 551 g/mol. The van der Waals surface area contributed by atoms with Crippen molar-refractivity contribution in [1.29, 1.82) is 0 Å². The van der Waals surface area contributed by atoms with E-state index in [0.29, 0.717) is 28.8 Å². The second-order valence-electron chi connectivity index (χ2n) is 9.94. The Labute approximate surface area is 230 Å². The molecule has 0 atom stereocenters. The van der Waals surface area contributed by atoms with E-state index in [0.717, 1.165) is 12.8 Å². The van der Waals surface area contributed by atoms with E-state index < -0.39 is 10.0 Å². The Morgan fingerprint density at radius 1 is 0.757 bits per heavy atom. The number of ether oxygens (including phenoxy) is 1. The van der Waals surface area contributed by atoms with Gasteiger partial charge in [0.2, 0.25) is 0 Å². The van der Waals surface area contributed by atoms with Crippen LogP contribution in [0.4, 0.5) is 11.4 Å². The van der Waals surface area contributed by atoms with Crippen LogP contribution in [0.25, 0.3) is 0 Å². The molecule has 7 heteroatoms. The minimum Gasteiger partial charge on any atom is -0.491 e. The summed E-state index contributed by atoms with van der Waals surface area (Å²) in [4.78, 5) is 0.0691. The van der Waals surface area contributed by atoms with Crippen molar-refractivity contribution < 1.29 is 13.2 Å². The van der Waals surface area contributed by atoms with Crippen molar-refractivity contribution in [2.24, 2.45) is 0 Å². The van der Waals surface area contributed by atoms with Gasteiger partial charge in [0.05, 0.1) is 27.9 Å². The lowest BCUT2D eigenvalue weighted by Gasteiger charge is -2.12. The van der Waals surface area contributed by atoms with Crippen molar-refractivity contribution in [2.75, 3.05) is 17.1 Å². The summed E-state index contributed by atoms with van der Waals surface area (Å²) in [6.45, 7) is 2.85. The Kier molecular flexibility index (Phi) is 15.5. The fourth-order valence-electron chi connectivity index (χ4n) is 4.41. The van der Waals surface area contributed by atoms with Crippen molar-refractivity contribution in [3.8, 4) is 5.75 Å². The Morgan fingerprint density at radius 2 is 1.27 bits per heavy atom. The van der Waals surface area contributed by atoms with E-state index in [-0.39, 0.29) is 4.90 Å². The van der Waals surface area contributed by atoms with Crippen LogP contribution >= 0.6 is 11.6 Å². The van der Waals surface area contributed by atoms with Gasteiger partial charge in [-0.25, -0.2) is 8.42 Å². The summed E-state index contributed by atoms with van der Waals surface area (Å²) < 4.78 is 33.7. The number of para-hydroxylation sites is 1. The summed E-state index contributed by atoms with van der Waals surface area (Å²) in [5.41, 5.74) is 6.70. The smallest absolute Gasteiger partial charge is 0.262 e. The van der Waals surface area contributed by atoms with Crippen LogP contribution in [0, 0.1) is 0 Å². The molecular weight excluding hydrogens is 504 g/mol. The zero-order valence-corrected chi connectivity index (χ0v) is 24.2. The molecule has 0 unspecified atom stereocenters. The van der Waals surface area contributed by atoms with Crippen LogP contribution in [0.5, 0.6) is 5.75 Å². The Balaban J connectivity index is 1.52. The van der Waals surface area contributed by atoms with Gasteiger partial charge in [-0.3, -0.25) is 4.72 Å². The van der Waals surface area contributed by atoms with Gasteiger partial charge < -0.3 is 10.5 Å². The zero-order valence-electron chi connectivity index (χ0n) is 22.7. The molecule has 0 aliphatic heterocycles. The number of nitrogen functional groups attached to an aromatic ring is 1. The summed E-state index contributed by atoms with van der Waals surface area (Å²) in [6, 6.07) is 11.2. The molecular formula is C30H47ClN2O3S. The van der Waals surface area contributed by atoms with Gasteiger partial charge in [-0.15, -0.1) is 0 Å². The molecule has 0 aliphatic rings. The number of benzene rings is 2. The number of anilines is 2. The molecule has 208 valence electrons. The van der Waals surface area contributed by atoms with Crippen LogP contribution in [-0.2, 0) is 10.0 Å². The van der Waals surface area contributed by atoms with E-state index in [1.54, 1.807) is 30.3 Å². The number of unbranched alkanes of at least 4 members (excludes halogenated alkanes) is 15. The van der Waals surface area contributed by atoms with Gasteiger partial charge in [0.1, 0.15) is 5.75 Å². The van der Waals surface area contributed by atoms with Gasteiger partial charge in [-0.05, 0) is 36.8 Å². The number of rotatable bonds is 21. The molecule has 0 fully saturated rings. The average Bonchev–Trinajstić information content (AvgIpc) is 2.88. The first-order valence-corrected chi connectivity index (χ1v) is 16.1. The molecule has 0 amide bonds. The van der Waals surface area contributed by atoms with Gasteiger partial charge in [0, 0.05) is 0 Å². The third kappa shape index (κ3) is 12.9. The number of nitrogens with two attached hydrogens (primary N) is 1. The minimum absolute atomic E-state index is 0.0691. The molecule has 3 N–H and O–H groups in total. The lowest BCUT2D eigenvalue weighted by atomic mass is 10.0. The summed E-state index contributed by atoms with van der Waals surface area (Å²) in [6.07, 6.45) is 21.3. The molecule has 0 aromatic heterocycles. The van der Waals surface area contributed by atoms with Crippen LogP contribution in [0.3, 0.4) is 0 Å². The highest BCUT2D eigenvalue weighted by molar-refractivity contribution is 7.92. The highest BCUT2D eigenvalue weighted by Gasteiger charge is 2.17. The third-order valence-corrected chi connectivity index (χ3v) is 8.36. The van der Waals surface area contributed by atoms with Gasteiger partial charge in [-0.2, -0.15) is 0 Å². The topological polar surface area (TPSA) is 81.4 Å². The molecule has 0 saturated heterocycles. The fourth-order valence-corrected chi connectivity index (χ4v) is 5.76. The summed E-state index contributed by atoms with van der Waals surface area (Å²) >= 11 is 6.06. The second-order valence-corrected chi connectivity index (χ2v) is 12.0. The quantitative estimate of drug-likeness (QED) is 0.120. The summed E-state index contributed by atoms with van der Waals surface area (Å²) in [7, 11) is -3.80. The monoisotopic (exact) mass is 550 g/mol. The van der Waals surface area contributed by atoms with Crippen molar-refractivity contribution in [3.05, 3.63) is 47.5 Å². The maximum absolute atomic E-state index is 12.7. The highest BCUT2D eigenvalue weighted by Crippen LogP contribution is 2.28. The Morgan fingerprint density at radius 3 is 1.78 bits per heavy atom. The number of hydrogen-bond acceptors (Lipinski definition) is 4. The predicted molar refractivity (Wildman–Crippen MR) is 158 cm³/mol. The van der Waals surface area contributed by atoms with Gasteiger partial charge in [-0.1, -0.05) is 127 Å².